The monoisotopic (exact) mass is 577 g/mol. The molecule has 3 aromatic rings. The standard InChI is InChI=1S/C30H31N3O7S/c1-4-39-23-11-6-5-10-22(23)27-26(29(36)37-3)19(2)31-30-33(27)28(35)24(41-30)17-20-8-7-9-21(16-20)40-18-25(34)32-12-14-38-15-13-32/h5-11,16-17,27H,4,12-15,18H2,1-3H3/b24-17+. The average Bonchev–Trinajstić information content (AvgIpc) is 3.29. The molecule has 0 N–H and O–H groups in total. The van der Waals surface area contributed by atoms with E-state index in [1.807, 2.05) is 37.3 Å². The number of amides is 1. The van der Waals surface area contributed by atoms with Crippen molar-refractivity contribution in [3.63, 3.8) is 0 Å². The molecule has 0 aliphatic carbocycles. The topological polar surface area (TPSA) is 109 Å². The Bertz CT molecular complexity index is 1670. The van der Waals surface area contributed by atoms with Crippen LogP contribution in [-0.2, 0) is 19.1 Å². The third-order valence-electron chi connectivity index (χ3n) is 6.82. The van der Waals surface area contributed by atoms with Crippen LogP contribution in [-0.4, -0.2) is 68.0 Å². The molecule has 1 aromatic heterocycles. The van der Waals surface area contributed by atoms with E-state index in [1.54, 1.807) is 36.1 Å². The lowest BCUT2D eigenvalue weighted by Crippen LogP contribution is -2.42. The SMILES string of the molecule is CCOc1ccccc1C1C(C(=O)OC)=C(C)N=c2s/c(=C/c3cccc(OCC(=O)N4CCOCC4)c3)c(=O)n21. The number of benzene rings is 2. The van der Waals surface area contributed by atoms with Crippen molar-refractivity contribution < 1.29 is 28.5 Å². The van der Waals surface area contributed by atoms with Crippen LogP contribution in [0.5, 0.6) is 11.5 Å². The molecule has 5 rings (SSSR count). The lowest BCUT2D eigenvalue weighted by Gasteiger charge is -2.26. The zero-order valence-electron chi connectivity index (χ0n) is 23.1. The van der Waals surface area contributed by atoms with Gasteiger partial charge in [0.2, 0.25) is 0 Å². The maximum absolute atomic E-state index is 13.9. The number of ether oxygens (including phenoxy) is 4. The molecule has 11 heteroatoms. The first-order valence-corrected chi connectivity index (χ1v) is 14.1. The number of carbonyl (C=O) groups is 2. The van der Waals surface area contributed by atoms with Gasteiger partial charge in [-0.2, -0.15) is 0 Å². The molecular formula is C30H31N3O7S. The van der Waals surface area contributed by atoms with E-state index in [2.05, 4.69) is 4.99 Å². The number of aromatic nitrogens is 1. The number of nitrogens with zero attached hydrogens (tertiary/aromatic N) is 3. The Morgan fingerprint density at radius 1 is 1.12 bits per heavy atom. The molecule has 2 aliphatic rings. The van der Waals surface area contributed by atoms with Gasteiger partial charge in [0, 0.05) is 18.7 Å². The summed E-state index contributed by atoms with van der Waals surface area (Å²) in [5, 5.41) is 0. The average molecular weight is 578 g/mol. The number of thiazole rings is 1. The summed E-state index contributed by atoms with van der Waals surface area (Å²) in [7, 11) is 1.31. The number of carbonyl (C=O) groups excluding carboxylic acids is 2. The maximum atomic E-state index is 13.9. The third-order valence-corrected chi connectivity index (χ3v) is 7.81. The summed E-state index contributed by atoms with van der Waals surface area (Å²) in [5.74, 6) is 0.423. The van der Waals surface area contributed by atoms with E-state index in [0.29, 0.717) is 65.0 Å². The molecule has 1 fully saturated rings. The van der Waals surface area contributed by atoms with Crippen LogP contribution in [0.2, 0.25) is 0 Å². The fourth-order valence-corrected chi connectivity index (χ4v) is 5.92. The second kappa shape index (κ2) is 12.5. The number of morpholine rings is 1. The smallest absolute Gasteiger partial charge is 0.338 e. The normalized spacial score (nSPS) is 17.1. The van der Waals surface area contributed by atoms with Gasteiger partial charge in [-0.25, -0.2) is 9.79 Å². The van der Waals surface area contributed by atoms with E-state index < -0.39 is 12.0 Å². The maximum Gasteiger partial charge on any atom is 0.338 e. The number of hydrogen-bond donors (Lipinski definition) is 0. The van der Waals surface area contributed by atoms with Crippen LogP contribution in [0.3, 0.4) is 0 Å². The van der Waals surface area contributed by atoms with Gasteiger partial charge in [-0.15, -0.1) is 0 Å². The number of rotatable bonds is 8. The quantitative estimate of drug-likeness (QED) is 0.377. The van der Waals surface area contributed by atoms with Crippen molar-refractivity contribution in [1.82, 2.24) is 9.47 Å². The lowest BCUT2D eigenvalue weighted by molar-refractivity contribution is -0.137. The minimum atomic E-state index is -0.774. The first kappa shape index (κ1) is 28.3. The van der Waals surface area contributed by atoms with Gasteiger partial charge < -0.3 is 23.8 Å². The minimum Gasteiger partial charge on any atom is -0.494 e. The number of esters is 1. The second-order valence-electron chi connectivity index (χ2n) is 9.40. The summed E-state index contributed by atoms with van der Waals surface area (Å²) in [6, 6.07) is 13.8. The highest BCUT2D eigenvalue weighted by atomic mass is 32.1. The fourth-order valence-electron chi connectivity index (χ4n) is 4.87. The number of para-hydroxylation sites is 1. The van der Waals surface area contributed by atoms with Crippen LogP contribution in [0.25, 0.3) is 6.08 Å². The van der Waals surface area contributed by atoms with Crippen LogP contribution in [0.15, 0.2) is 69.6 Å². The van der Waals surface area contributed by atoms with Gasteiger partial charge in [-0.3, -0.25) is 14.2 Å². The first-order chi connectivity index (χ1) is 19.9. The predicted molar refractivity (Wildman–Crippen MR) is 153 cm³/mol. The summed E-state index contributed by atoms with van der Waals surface area (Å²) in [6.45, 7) is 6.10. The number of methoxy groups -OCH3 is 1. The number of allylic oxidation sites excluding steroid dienone is 1. The third kappa shape index (κ3) is 5.96. The highest BCUT2D eigenvalue weighted by Crippen LogP contribution is 2.35. The fraction of sp³-hybridized carbons (Fsp3) is 0.333. The van der Waals surface area contributed by atoms with Crippen molar-refractivity contribution in [2.24, 2.45) is 4.99 Å². The lowest BCUT2D eigenvalue weighted by atomic mass is 9.95. The Labute approximate surface area is 240 Å². The Morgan fingerprint density at radius 2 is 1.90 bits per heavy atom. The van der Waals surface area contributed by atoms with Gasteiger partial charge in [0.15, 0.2) is 11.4 Å². The molecule has 2 aliphatic heterocycles. The zero-order valence-corrected chi connectivity index (χ0v) is 23.9. The number of hydrogen-bond acceptors (Lipinski definition) is 9. The molecule has 41 heavy (non-hydrogen) atoms. The summed E-state index contributed by atoms with van der Waals surface area (Å²) in [5.41, 5.74) is 1.84. The van der Waals surface area contributed by atoms with Gasteiger partial charge in [0.05, 0.1) is 42.7 Å². The van der Waals surface area contributed by atoms with Crippen molar-refractivity contribution in [3.8, 4) is 11.5 Å². The molecule has 3 heterocycles. The van der Waals surface area contributed by atoms with Crippen LogP contribution in [0.1, 0.15) is 31.0 Å². The van der Waals surface area contributed by atoms with Gasteiger partial charge in [-0.05, 0) is 43.7 Å². The van der Waals surface area contributed by atoms with Crippen molar-refractivity contribution in [2.75, 3.05) is 46.6 Å². The molecule has 214 valence electrons. The Hall–Kier alpha value is -4.22. The molecular weight excluding hydrogens is 546 g/mol. The number of fused-ring (bicyclic) bond motifs is 1. The van der Waals surface area contributed by atoms with E-state index in [1.165, 1.54) is 23.0 Å². The molecule has 2 aromatic carbocycles. The van der Waals surface area contributed by atoms with Gasteiger partial charge in [0.25, 0.3) is 11.5 Å². The summed E-state index contributed by atoms with van der Waals surface area (Å²) >= 11 is 1.23. The highest BCUT2D eigenvalue weighted by molar-refractivity contribution is 7.07. The summed E-state index contributed by atoms with van der Waals surface area (Å²) < 4.78 is 24.0. The van der Waals surface area contributed by atoms with Crippen LogP contribution >= 0.6 is 11.3 Å². The molecule has 1 saturated heterocycles. The van der Waals surface area contributed by atoms with Crippen LogP contribution in [0.4, 0.5) is 0 Å². The Kier molecular flexibility index (Phi) is 8.65. The van der Waals surface area contributed by atoms with Crippen molar-refractivity contribution >= 4 is 29.3 Å². The van der Waals surface area contributed by atoms with E-state index in [4.69, 9.17) is 18.9 Å². The van der Waals surface area contributed by atoms with E-state index in [0.717, 1.165) is 5.56 Å². The molecule has 0 bridgehead atoms. The molecule has 1 amide bonds. The van der Waals surface area contributed by atoms with Crippen LogP contribution in [0, 0.1) is 0 Å². The zero-order chi connectivity index (χ0) is 28.9. The van der Waals surface area contributed by atoms with Gasteiger partial charge in [0.1, 0.15) is 17.5 Å². The van der Waals surface area contributed by atoms with Crippen LogP contribution < -0.4 is 24.4 Å². The molecule has 0 radical (unpaired) electrons. The predicted octanol–water partition coefficient (Wildman–Crippen LogP) is 2.04. The largest absolute Gasteiger partial charge is 0.494 e. The van der Waals surface area contributed by atoms with Gasteiger partial charge >= 0.3 is 5.97 Å². The molecule has 0 saturated carbocycles. The van der Waals surface area contributed by atoms with E-state index in [9.17, 15) is 14.4 Å². The van der Waals surface area contributed by atoms with Crippen molar-refractivity contribution in [3.05, 3.63) is 90.6 Å². The molecule has 10 nitrogen and oxygen atoms in total. The van der Waals surface area contributed by atoms with Crippen molar-refractivity contribution in [1.29, 1.82) is 0 Å². The molecule has 1 atom stereocenters. The second-order valence-corrected chi connectivity index (χ2v) is 10.4. The first-order valence-electron chi connectivity index (χ1n) is 13.3. The summed E-state index contributed by atoms with van der Waals surface area (Å²) in [6.07, 6.45) is 1.75. The minimum absolute atomic E-state index is 0.0829. The van der Waals surface area contributed by atoms with E-state index >= 15 is 0 Å². The van der Waals surface area contributed by atoms with Gasteiger partial charge in [-0.1, -0.05) is 41.7 Å². The Balaban J connectivity index is 1.51. The summed E-state index contributed by atoms with van der Waals surface area (Å²) in [4.78, 5) is 46.1. The molecule has 1 unspecified atom stereocenters. The highest BCUT2D eigenvalue weighted by Gasteiger charge is 2.34. The van der Waals surface area contributed by atoms with Crippen molar-refractivity contribution in [2.45, 2.75) is 19.9 Å². The Morgan fingerprint density at radius 3 is 2.66 bits per heavy atom. The molecule has 0 spiro atoms. The van der Waals surface area contributed by atoms with E-state index in [-0.39, 0.29) is 23.6 Å².